The first-order valence-corrected chi connectivity index (χ1v) is 7.61. The van der Waals surface area contributed by atoms with Crippen LogP contribution in [0.2, 0.25) is 0 Å². The fraction of sp³-hybridized carbons (Fsp3) is 0.167. The van der Waals surface area contributed by atoms with E-state index in [1.54, 1.807) is 49.5 Å². The molecule has 0 atom stereocenters. The van der Waals surface area contributed by atoms with E-state index in [0.29, 0.717) is 22.7 Å². The van der Waals surface area contributed by atoms with Gasteiger partial charge in [-0.1, -0.05) is 0 Å². The molecule has 7 heteroatoms. The van der Waals surface area contributed by atoms with Crippen molar-refractivity contribution in [3.05, 3.63) is 60.2 Å². The number of anilines is 1. The molecule has 1 amide bonds. The van der Waals surface area contributed by atoms with Crippen LogP contribution in [0.3, 0.4) is 0 Å². The van der Waals surface area contributed by atoms with Gasteiger partial charge in [0.25, 0.3) is 5.91 Å². The maximum atomic E-state index is 12.5. The van der Waals surface area contributed by atoms with Gasteiger partial charge < -0.3 is 14.8 Å². The van der Waals surface area contributed by atoms with Gasteiger partial charge in [0.2, 0.25) is 0 Å². The highest BCUT2D eigenvalue weighted by Crippen LogP contribution is 2.29. The van der Waals surface area contributed by atoms with Crippen LogP contribution < -0.4 is 14.8 Å². The van der Waals surface area contributed by atoms with E-state index in [1.165, 1.54) is 6.33 Å². The third kappa shape index (κ3) is 3.45. The number of nitrogens with zero attached hydrogens (tertiary/aromatic N) is 3. The molecule has 0 radical (unpaired) electrons. The number of methoxy groups -OCH3 is 2. The predicted molar refractivity (Wildman–Crippen MR) is 93.6 cm³/mol. The lowest BCUT2D eigenvalue weighted by Crippen LogP contribution is -2.12. The van der Waals surface area contributed by atoms with Crippen LogP contribution in [0.15, 0.2) is 49.1 Å². The molecule has 0 unspecified atom stereocenters. The lowest BCUT2D eigenvalue weighted by atomic mass is 10.1. The van der Waals surface area contributed by atoms with Gasteiger partial charge in [0.15, 0.2) is 0 Å². The Balaban J connectivity index is 1.80. The summed E-state index contributed by atoms with van der Waals surface area (Å²) in [6.45, 7) is 1.88. The summed E-state index contributed by atoms with van der Waals surface area (Å²) in [5.74, 6) is 0.960. The zero-order valence-electron chi connectivity index (χ0n) is 14.2. The Bertz CT molecular complexity index is 849. The van der Waals surface area contributed by atoms with Gasteiger partial charge in [-0.25, -0.2) is 9.67 Å². The molecule has 25 heavy (non-hydrogen) atoms. The fourth-order valence-corrected chi connectivity index (χ4v) is 2.46. The minimum absolute atomic E-state index is 0.245. The van der Waals surface area contributed by atoms with Crippen molar-refractivity contribution in [1.29, 1.82) is 0 Å². The number of hydrogen-bond acceptors (Lipinski definition) is 5. The van der Waals surface area contributed by atoms with E-state index in [2.05, 4.69) is 15.4 Å². The molecule has 0 aliphatic heterocycles. The maximum Gasteiger partial charge on any atom is 0.255 e. The second kappa shape index (κ2) is 7.04. The number of amides is 1. The van der Waals surface area contributed by atoms with Gasteiger partial charge >= 0.3 is 0 Å². The Morgan fingerprint density at radius 2 is 1.72 bits per heavy atom. The van der Waals surface area contributed by atoms with Gasteiger partial charge in [0.05, 0.1) is 19.9 Å². The molecular weight excluding hydrogens is 320 g/mol. The molecule has 0 aliphatic carbocycles. The summed E-state index contributed by atoms with van der Waals surface area (Å²) in [7, 11) is 3.12. The van der Waals surface area contributed by atoms with Gasteiger partial charge in [-0.05, 0) is 43.3 Å². The Morgan fingerprint density at radius 3 is 2.24 bits per heavy atom. The summed E-state index contributed by atoms with van der Waals surface area (Å²) < 4.78 is 12.3. The molecule has 128 valence electrons. The number of nitrogens with one attached hydrogen (secondary N) is 1. The molecule has 0 saturated carbocycles. The van der Waals surface area contributed by atoms with Crippen molar-refractivity contribution in [3.63, 3.8) is 0 Å². The highest BCUT2D eigenvalue weighted by Gasteiger charge is 2.14. The van der Waals surface area contributed by atoms with Crippen LogP contribution in [0, 0.1) is 6.92 Å². The predicted octanol–water partition coefficient (Wildman–Crippen LogP) is 2.85. The quantitative estimate of drug-likeness (QED) is 0.774. The van der Waals surface area contributed by atoms with E-state index in [4.69, 9.17) is 9.47 Å². The van der Waals surface area contributed by atoms with Crippen molar-refractivity contribution in [2.75, 3.05) is 19.5 Å². The Hall–Kier alpha value is -3.35. The second-order valence-corrected chi connectivity index (χ2v) is 5.35. The van der Waals surface area contributed by atoms with Gasteiger partial charge in [-0.15, -0.1) is 0 Å². The summed E-state index contributed by atoms with van der Waals surface area (Å²) in [4.78, 5) is 16.4. The van der Waals surface area contributed by atoms with E-state index in [-0.39, 0.29) is 5.91 Å². The molecule has 1 N–H and O–H groups in total. The molecule has 1 aromatic heterocycles. The van der Waals surface area contributed by atoms with Crippen LogP contribution in [0.1, 0.15) is 15.9 Å². The molecule has 0 saturated heterocycles. The monoisotopic (exact) mass is 338 g/mol. The Labute approximate surface area is 145 Å². The van der Waals surface area contributed by atoms with Crippen molar-refractivity contribution in [1.82, 2.24) is 14.8 Å². The molecule has 0 aliphatic rings. The largest absolute Gasteiger partial charge is 0.496 e. The van der Waals surface area contributed by atoms with Crippen molar-refractivity contribution in [2.45, 2.75) is 6.92 Å². The van der Waals surface area contributed by atoms with Gasteiger partial charge in [-0.2, -0.15) is 5.10 Å². The van der Waals surface area contributed by atoms with E-state index < -0.39 is 0 Å². The molecule has 7 nitrogen and oxygen atoms in total. The van der Waals surface area contributed by atoms with Crippen molar-refractivity contribution >= 4 is 11.6 Å². The van der Waals surface area contributed by atoms with Crippen LogP contribution in [0.25, 0.3) is 5.69 Å². The molecule has 0 bridgehead atoms. The number of hydrogen-bond donors (Lipinski definition) is 1. The van der Waals surface area contributed by atoms with E-state index >= 15 is 0 Å². The number of carbonyl (C=O) groups is 1. The summed E-state index contributed by atoms with van der Waals surface area (Å²) in [5.41, 5.74) is 2.83. The van der Waals surface area contributed by atoms with E-state index in [9.17, 15) is 4.79 Å². The average Bonchev–Trinajstić information content (AvgIpc) is 3.17. The SMILES string of the molecule is COc1cc(C(=O)Nc2ccc(-n3cncn3)cc2)cc(OC)c1C. The molecule has 0 spiro atoms. The second-order valence-electron chi connectivity index (χ2n) is 5.35. The van der Waals surface area contributed by atoms with Gasteiger partial charge in [-0.3, -0.25) is 4.79 Å². The zero-order valence-corrected chi connectivity index (χ0v) is 14.2. The first kappa shape index (κ1) is 16.5. The van der Waals surface area contributed by atoms with Crippen molar-refractivity contribution in [2.24, 2.45) is 0 Å². The van der Waals surface area contributed by atoms with Crippen molar-refractivity contribution in [3.8, 4) is 17.2 Å². The summed E-state index contributed by atoms with van der Waals surface area (Å²) in [6, 6.07) is 10.7. The summed E-state index contributed by atoms with van der Waals surface area (Å²) in [6.07, 6.45) is 3.08. The first-order valence-electron chi connectivity index (χ1n) is 7.61. The topological polar surface area (TPSA) is 78.3 Å². The molecule has 1 heterocycles. The molecule has 3 rings (SSSR count). The highest BCUT2D eigenvalue weighted by molar-refractivity contribution is 6.05. The smallest absolute Gasteiger partial charge is 0.255 e. The fourth-order valence-electron chi connectivity index (χ4n) is 2.46. The Morgan fingerprint density at radius 1 is 1.08 bits per heavy atom. The number of carbonyl (C=O) groups excluding carboxylic acids is 1. The minimum atomic E-state index is -0.245. The van der Waals surface area contributed by atoms with Crippen molar-refractivity contribution < 1.29 is 14.3 Å². The lowest BCUT2D eigenvalue weighted by Gasteiger charge is -2.13. The normalized spacial score (nSPS) is 10.4. The first-order chi connectivity index (χ1) is 12.1. The third-order valence-electron chi connectivity index (χ3n) is 3.82. The lowest BCUT2D eigenvalue weighted by molar-refractivity contribution is 0.102. The number of ether oxygens (including phenoxy) is 2. The van der Waals surface area contributed by atoms with E-state index in [0.717, 1.165) is 11.3 Å². The van der Waals surface area contributed by atoms with Gasteiger partial charge in [0.1, 0.15) is 24.2 Å². The zero-order chi connectivity index (χ0) is 17.8. The standard InChI is InChI=1S/C18H18N4O3/c1-12-16(24-2)8-13(9-17(12)25-3)18(23)21-14-4-6-15(7-5-14)22-11-19-10-20-22/h4-11H,1-3H3,(H,21,23). The maximum absolute atomic E-state index is 12.5. The van der Waals surface area contributed by atoms with Crippen LogP contribution in [-0.4, -0.2) is 34.9 Å². The summed E-state index contributed by atoms with van der Waals surface area (Å²) >= 11 is 0. The highest BCUT2D eigenvalue weighted by atomic mass is 16.5. The number of aromatic nitrogens is 3. The van der Waals surface area contributed by atoms with Gasteiger partial charge in [0, 0.05) is 16.8 Å². The number of benzene rings is 2. The summed E-state index contributed by atoms with van der Waals surface area (Å²) in [5, 5.41) is 6.92. The third-order valence-corrected chi connectivity index (χ3v) is 3.82. The van der Waals surface area contributed by atoms with Crippen LogP contribution >= 0.6 is 0 Å². The minimum Gasteiger partial charge on any atom is -0.496 e. The van der Waals surface area contributed by atoms with Crippen LogP contribution in [0.4, 0.5) is 5.69 Å². The Kier molecular flexibility index (Phi) is 4.65. The van der Waals surface area contributed by atoms with Crippen LogP contribution in [0.5, 0.6) is 11.5 Å². The van der Waals surface area contributed by atoms with E-state index in [1.807, 2.05) is 19.1 Å². The average molecular weight is 338 g/mol. The molecule has 0 fully saturated rings. The molecular formula is C18H18N4O3. The number of rotatable bonds is 5. The van der Waals surface area contributed by atoms with Crippen LogP contribution in [-0.2, 0) is 0 Å². The molecule has 3 aromatic rings. The molecule has 2 aromatic carbocycles.